The average Bonchev–Trinajstić information content (AvgIpc) is 2.56. The van der Waals surface area contributed by atoms with Crippen LogP contribution in [0.5, 0.6) is 5.75 Å². The number of benzene rings is 2. The van der Waals surface area contributed by atoms with Crippen molar-refractivity contribution in [2.75, 3.05) is 11.1 Å². The first kappa shape index (κ1) is 15.3. The van der Waals surface area contributed by atoms with Crippen molar-refractivity contribution in [1.82, 2.24) is 0 Å². The maximum Gasteiger partial charge on any atom is 0.271 e. The molecule has 1 amide bonds. The Hall–Kier alpha value is -2.61. The lowest BCUT2D eigenvalue weighted by Crippen LogP contribution is -2.37. The molecule has 0 radical (unpaired) electrons. The second-order valence-corrected chi connectivity index (χ2v) is 5.84. The molecule has 8 heteroatoms. The number of halogens is 1. The first-order valence-electron chi connectivity index (χ1n) is 6.68. The number of amides is 1. The van der Waals surface area contributed by atoms with Crippen molar-refractivity contribution in [3.63, 3.8) is 0 Å². The van der Waals surface area contributed by atoms with Crippen molar-refractivity contribution < 1.29 is 18.8 Å². The summed E-state index contributed by atoms with van der Waals surface area (Å²) in [5.41, 5.74) is -0.539. The van der Waals surface area contributed by atoms with Gasteiger partial charge in [-0.3, -0.25) is 14.9 Å². The number of nitrogens with zero attached hydrogens (tertiary/aromatic N) is 1. The van der Waals surface area contributed by atoms with Gasteiger partial charge in [0.25, 0.3) is 11.6 Å². The lowest BCUT2D eigenvalue weighted by atomic mass is 10.2. The molecule has 1 aliphatic rings. The van der Waals surface area contributed by atoms with Crippen LogP contribution in [0.2, 0.25) is 0 Å². The topological polar surface area (TPSA) is 81.5 Å². The molecule has 0 bridgehead atoms. The number of anilines is 1. The molecule has 1 heterocycles. The molecule has 1 atom stereocenters. The molecule has 118 valence electrons. The monoisotopic (exact) mass is 334 g/mol. The van der Waals surface area contributed by atoms with Gasteiger partial charge in [0.15, 0.2) is 6.10 Å². The number of thioether (sulfide) groups is 1. The van der Waals surface area contributed by atoms with Crippen LogP contribution in [-0.2, 0) is 4.79 Å². The summed E-state index contributed by atoms with van der Waals surface area (Å²) in [4.78, 5) is 23.2. The smallest absolute Gasteiger partial charge is 0.271 e. The van der Waals surface area contributed by atoms with Gasteiger partial charge in [0.1, 0.15) is 11.6 Å². The average molecular weight is 334 g/mol. The van der Waals surface area contributed by atoms with E-state index in [0.717, 1.165) is 23.1 Å². The normalized spacial score (nSPS) is 16.1. The molecule has 0 unspecified atom stereocenters. The summed E-state index contributed by atoms with van der Waals surface area (Å²) in [7, 11) is 0. The molecule has 0 aliphatic carbocycles. The van der Waals surface area contributed by atoms with Crippen molar-refractivity contribution in [3.05, 3.63) is 58.4 Å². The molecule has 1 aliphatic heterocycles. The zero-order valence-corrected chi connectivity index (χ0v) is 12.5. The summed E-state index contributed by atoms with van der Waals surface area (Å²) < 4.78 is 19.3. The highest BCUT2D eigenvalue weighted by molar-refractivity contribution is 7.99. The van der Waals surface area contributed by atoms with E-state index in [2.05, 4.69) is 5.32 Å². The number of nitro groups is 1. The molecule has 6 nitrogen and oxygen atoms in total. The zero-order chi connectivity index (χ0) is 16.4. The predicted octanol–water partition coefficient (Wildman–Crippen LogP) is 3.23. The number of hydrogen-bond donors (Lipinski definition) is 1. The third-order valence-corrected chi connectivity index (χ3v) is 4.34. The summed E-state index contributed by atoms with van der Waals surface area (Å²) >= 11 is 1.46. The van der Waals surface area contributed by atoms with Crippen LogP contribution in [0, 0.1) is 15.9 Å². The van der Waals surface area contributed by atoms with E-state index in [1.807, 2.05) is 12.1 Å². The first-order valence-corrected chi connectivity index (χ1v) is 7.66. The third-order valence-electron chi connectivity index (χ3n) is 3.22. The van der Waals surface area contributed by atoms with Crippen LogP contribution in [-0.4, -0.2) is 22.7 Å². The third kappa shape index (κ3) is 3.26. The number of para-hydroxylation sites is 1. The number of nitro benzene ring substituents is 1. The Balaban J connectivity index is 1.75. The maximum atomic E-state index is 13.7. The van der Waals surface area contributed by atoms with Crippen molar-refractivity contribution in [1.29, 1.82) is 0 Å². The van der Waals surface area contributed by atoms with E-state index < -0.39 is 22.8 Å². The largest absolute Gasteiger partial charge is 0.479 e. The fraction of sp³-hybridized carbons (Fsp3) is 0.133. The Morgan fingerprint density at radius 2 is 2.13 bits per heavy atom. The van der Waals surface area contributed by atoms with Gasteiger partial charge in [-0.05, 0) is 18.2 Å². The summed E-state index contributed by atoms with van der Waals surface area (Å²) in [5, 5.41) is 13.1. The number of carbonyl (C=O) groups is 1. The Labute approximate surface area is 134 Å². The van der Waals surface area contributed by atoms with Gasteiger partial charge in [-0.15, -0.1) is 11.8 Å². The standard InChI is InChI=1S/C15H11FN2O4S/c16-10-6-5-9(18(20)21)7-11(10)17-15(19)13-8-23-14-4-2-1-3-12(14)22-13/h1-7,13H,8H2,(H,17,19)/t13-/m1/s1. The van der Waals surface area contributed by atoms with Crippen LogP contribution in [0.15, 0.2) is 47.4 Å². The highest BCUT2D eigenvalue weighted by atomic mass is 32.2. The molecule has 2 aromatic rings. The van der Waals surface area contributed by atoms with E-state index in [1.165, 1.54) is 11.8 Å². The SMILES string of the molecule is O=C(Nc1cc([N+](=O)[O-])ccc1F)[C@H]1CSc2ccccc2O1. The first-order chi connectivity index (χ1) is 11.0. The Morgan fingerprint density at radius 1 is 1.35 bits per heavy atom. The Bertz CT molecular complexity index is 784. The molecule has 0 saturated heterocycles. The van der Waals surface area contributed by atoms with E-state index >= 15 is 0 Å². The van der Waals surface area contributed by atoms with Crippen LogP contribution in [0.3, 0.4) is 0 Å². The molecule has 23 heavy (non-hydrogen) atoms. The van der Waals surface area contributed by atoms with Crippen molar-refractivity contribution in [3.8, 4) is 5.75 Å². The molecule has 2 aromatic carbocycles. The summed E-state index contributed by atoms with van der Waals surface area (Å²) in [5.74, 6) is -0.332. The minimum absolute atomic E-state index is 0.239. The number of nitrogens with one attached hydrogen (secondary N) is 1. The van der Waals surface area contributed by atoms with Crippen molar-refractivity contribution >= 4 is 29.0 Å². The molecule has 1 N–H and O–H groups in total. The van der Waals surface area contributed by atoms with Crippen LogP contribution < -0.4 is 10.1 Å². The fourth-order valence-corrected chi connectivity index (χ4v) is 3.07. The second-order valence-electron chi connectivity index (χ2n) is 4.77. The minimum atomic E-state index is -0.798. The van der Waals surface area contributed by atoms with E-state index in [9.17, 15) is 19.3 Å². The number of non-ortho nitro benzene ring substituents is 1. The van der Waals surface area contributed by atoms with Gasteiger partial charge < -0.3 is 10.1 Å². The number of hydrogen-bond acceptors (Lipinski definition) is 5. The predicted molar refractivity (Wildman–Crippen MR) is 83.3 cm³/mol. The van der Waals surface area contributed by atoms with Crippen molar-refractivity contribution in [2.45, 2.75) is 11.0 Å². The van der Waals surface area contributed by atoms with Crippen LogP contribution in [0.1, 0.15) is 0 Å². The summed E-state index contributed by atoms with van der Waals surface area (Å²) in [6.45, 7) is 0. The summed E-state index contributed by atoms with van der Waals surface area (Å²) in [6.07, 6.45) is -0.798. The van der Waals surface area contributed by atoms with E-state index in [4.69, 9.17) is 4.74 Å². The molecule has 0 spiro atoms. The quantitative estimate of drug-likeness (QED) is 0.688. The lowest BCUT2D eigenvalue weighted by molar-refractivity contribution is -0.384. The van der Waals surface area contributed by atoms with Gasteiger partial charge >= 0.3 is 0 Å². The minimum Gasteiger partial charge on any atom is -0.479 e. The van der Waals surface area contributed by atoms with Crippen LogP contribution in [0.4, 0.5) is 15.8 Å². The molecular weight excluding hydrogens is 323 g/mol. The van der Waals surface area contributed by atoms with Crippen LogP contribution in [0.25, 0.3) is 0 Å². The fourth-order valence-electron chi connectivity index (χ4n) is 2.08. The molecular formula is C15H11FN2O4S. The lowest BCUT2D eigenvalue weighted by Gasteiger charge is -2.24. The second kappa shape index (κ2) is 6.25. The van der Waals surface area contributed by atoms with E-state index in [-0.39, 0.29) is 11.4 Å². The number of fused-ring (bicyclic) bond motifs is 1. The van der Waals surface area contributed by atoms with E-state index in [0.29, 0.717) is 11.5 Å². The van der Waals surface area contributed by atoms with Gasteiger partial charge in [-0.2, -0.15) is 0 Å². The molecule has 3 rings (SSSR count). The number of rotatable bonds is 3. The number of carbonyl (C=O) groups excluding carboxylic acids is 1. The van der Waals surface area contributed by atoms with Gasteiger partial charge in [0.2, 0.25) is 0 Å². The van der Waals surface area contributed by atoms with Gasteiger partial charge in [-0.25, -0.2) is 4.39 Å². The Morgan fingerprint density at radius 3 is 2.91 bits per heavy atom. The highest BCUT2D eigenvalue weighted by Crippen LogP contribution is 2.35. The van der Waals surface area contributed by atoms with Crippen molar-refractivity contribution in [2.24, 2.45) is 0 Å². The maximum absolute atomic E-state index is 13.7. The molecule has 0 aromatic heterocycles. The van der Waals surface area contributed by atoms with Gasteiger partial charge in [0.05, 0.1) is 10.6 Å². The van der Waals surface area contributed by atoms with Gasteiger partial charge in [-0.1, -0.05) is 12.1 Å². The number of ether oxygens (including phenoxy) is 1. The molecule has 0 saturated carbocycles. The van der Waals surface area contributed by atoms with E-state index in [1.54, 1.807) is 12.1 Å². The summed E-state index contributed by atoms with van der Waals surface area (Å²) in [6, 6.07) is 10.3. The van der Waals surface area contributed by atoms with Gasteiger partial charge in [0, 0.05) is 22.8 Å². The Kier molecular flexibility index (Phi) is 4.16. The highest BCUT2D eigenvalue weighted by Gasteiger charge is 2.27. The zero-order valence-electron chi connectivity index (χ0n) is 11.7. The van der Waals surface area contributed by atoms with Crippen LogP contribution >= 0.6 is 11.8 Å². The molecule has 0 fully saturated rings.